The Morgan fingerprint density at radius 3 is 2.61 bits per heavy atom. The first-order valence-corrected chi connectivity index (χ1v) is 6.75. The zero-order valence-corrected chi connectivity index (χ0v) is 10.9. The van der Waals surface area contributed by atoms with E-state index in [1.807, 2.05) is 24.3 Å². The maximum atomic E-state index is 11.2. The van der Waals surface area contributed by atoms with E-state index >= 15 is 0 Å². The molecule has 0 aliphatic rings. The monoisotopic (exact) mass is 239 g/mol. The molecule has 0 aromatic heterocycles. The van der Waals surface area contributed by atoms with Gasteiger partial charge in [-0.2, -0.15) is 0 Å². The Hall–Kier alpha value is -1.63. The highest BCUT2D eigenvalue weighted by molar-refractivity contribution is 5.99. The lowest BCUT2D eigenvalue weighted by atomic mass is 9.96. The van der Waals surface area contributed by atoms with Crippen LogP contribution in [0.1, 0.15) is 43.7 Å². The third kappa shape index (κ3) is 2.79. The minimum atomic E-state index is 0.754. The van der Waals surface area contributed by atoms with Crippen molar-refractivity contribution in [3.05, 3.63) is 47.5 Å². The van der Waals surface area contributed by atoms with Crippen LogP contribution >= 0.6 is 0 Å². The number of rotatable bonds is 6. The van der Waals surface area contributed by atoms with Crippen molar-refractivity contribution in [2.24, 2.45) is 0 Å². The van der Waals surface area contributed by atoms with E-state index in [2.05, 4.69) is 25.3 Å². The summed E-state index contributed by atoms with van der Waals surface area (Å²) in [4.78, 5) is 11.2. The van der Waals surface area contributed by atoms with Gasteiger partial charge in [-0.1, -0.05) is 62.6 Å². The number of fused-ring (bicyclic) bond motifs is 1. The van der Waals surface area contributed by atoms with Crippen molar-refractivity contribution in [1.82, 2.24) is 0 Å². The summed E-state index contributed by atoms with van der Waals surface area (Å²) in [6.45, 7) is 2.21. The molecule has 0 saturated heterocycles. The van der Waals surface area contributed by atoms with Crippen LogP contribution in [0.3, 0.4) is 0 Å². The Morgan fingerprint density at radius 1 is 1.00 bits per heavy atom. The van der Waals surface area contributed by atoms with E-state index in [9.17, 15) is 4.79 Å². The number of unbranched alkanes of at least 4 members (excludes halogenated alkanes) is 3. The fourth-order valence-electron chi connectivity index (χ4n) is 2.39. The first-order chi connectivity index (χ1) is 8.86. The molecule has 0 spiro atoms. The van der Waals surface area contributed by atoms with E-state index in [0.717, 1.165) is 34.7 Å². The molecule has 1 radical (unpaired) electrons. The molecule has 0 amide bonds. The van der Waals surface area contributed by atoms with Gasteiger partial charge < -0.3 is 0 Å². The van der Waals surface area contributed by atoms with Gasteiger partial charge in [-0.25, -0.2) is 0 Å². The van der Waals surface area contributed by atoms with Gasteiger partial charge in [-0.3, -0.25) is 4.79 Å². The van der Waals surface area contributed by atoms with Crippen molar-refractivity contribution >= 4 is 17.1 Å². The summed E-state index contributed by atoms with van der Waals surface area (Å²) >= 11 is 0. The number of hydrogen-bond acceptors (Lipinski definition) is 1. The van der Waals surface area contributed by atoms with Gasteiger partial charge in [0, 0.05) is 5.56 Å². The Kier molecular flexibility index (Phi) is 4.52. The average Bonchev–Trinajstić information content (AvgIpc) is 2.43. The summed E-state index contributed by atoms with van der Waals surface area (Å²) in [5.74, 6) is 0. The summed E-state index contributed by atoms with van der Waals surface area (Å²) < 4.78 is 0. The van der Waals surface area contributed by atoms with Crippen LogP contribution in [0.2, 0.25) is 0 Å². The molecule has 0 heterocycles. The van der Waals surface area contributed by atoms with Crippen LogP contribution in [0.25, 0.3) is 10.8 Å². The lowest BCUT2D eigenvalue weighted by Crippen LogP contribution is -1.95. The Bertz CT molecular complexity index is 528. The van der Waals surface area contributed by atoms with E-state index in [1.165, 1.54) is 19.3 Å². The second-order valence-electron chi connectivity index (χ2n) is 4.73. The van der Waals surface area contributed by atoms with Gasteiger partial charge in [0.15, 0.2) is 0 Å². The summed E-state index contributed by atoms with van der Waals surface area (Å²) in [7, 11) is 0. The van der Waals surface area contributed by atoms with Crippen molar-refractivity contribution in [3.63, 3.8) is 0 Å². The lowest BCUT2D eigenvalue weighted by molar-refractivity contribution is 0.562. The van der Waals surface area contributed by atoms with Crippen LogP contribution in [0, 0.1) is 0 Å². The van der Waals surface area contributed by atoms with Crippen molar-refractivity contribution in [2.75, 3.05) is 0 Å². The van der Waals surface area contributed by atoms with Crippen LogP contribution in [-0.4, -0.2) is 6.29 Å². The molecule has 1 heteroatoms. The quantitative estimate of drug-likeness (QED) is 0.682. The number of hydrogen-bond donors (Lipinski definition) is 0. The largest absolute Gasteiger partial charge is 0.285 e. The molecule has 93 valence electrons. The predicted octanol–water partition coefficient (Wildman–Crippen LogP) is 4.42. The zero-order chi connectivity index (χ0) is 12.8. The van der Waals surface area contributed by atoms with Crippen LogP contribution in [0.15, 0.2) is 36.4 Å². The highest BCUT2D eigenvalue weighted by Crippen LogP contribution is 2.22. The normalized spacial score (nSPS) is 10.7. The lowest BCUT2D eigenvalue weighted by Gasteiger charge is -2.07. The topological polar surface area (TPSA) is 17.1 Å². The van der Waals surface area contributed by atoms with Crippen molar-refractivity contribution < 1.29 is 4.79 Å². The van der Waals surface area contributed by atoms with Gasteiger partial charge in [-0.05, 0) is 29.2 Å². The Balaban J connectivity index is 2.24. The number of aryl methyl sites for hydroxylation is 1. The molecular weight excluding hydrogens is 220 g/mol. The van der Waals surface area contributed by atoms with Gasteiger partial charge in [-0.15, -0.1) is 0 Å². The highest BCUT2D eigenvalue weighted by Gasteiger charge is 2.07. The maximum absolute atomic E-state index is 11.2. The molecule has 2 aromatic rings. The van der Waals surface area contributed by atoms with Gasteiger partial charge in [0.1, 0.15) is 0 Å². The van der Waals surface area contributed by atoms with E-state index in [0.29, 0.717) is 0 Å². The molecule has 0 bridgehead atoms. The van der Waals surface area contributed by atoms with E-state index in [1.54, 1.807) is 0 Å². The van der Waals surface area contributed by atoms with Crippen LogP contribution < -0.4 is 0 Å². The standard InChI is InChI=1S/C17H19O/c1-2-3-4-5-8-15-12-11-14-9-6-7-10-16(14)17(15)13-18/h6-7,9-12H,2-5,8H2,1H3. The molecule has 2 aromatic carbocycles. The molecule has 0 saturated carbocycles. The SMILES string of the molecule is CCCCCCc1ccc2ccccc2c1[C]=O. The number of benzene rings is 2. The summed E-state index contributed by atoms with van der Waals surface area (Å²) in [5.41, 5.74) is 1.89. The van der Waals surface area contributed by atoms with Crippen LogP contribution in [-0.2, 0) is 11.2 Å². The minimum Gasteiger partial charge on any atom is -0.285 e. The fraction of sp³-hybridized carbons (Fsp3) is 0.353. The third-order valence-electron chi connectivity index (χ3n) is 3.42. The summed E-state index contributed by atoms with van der Waals surface area (Å²) in [5, 5.41) is 2.15. The minimum absolute atomic E-state index is 0.754. The molecule has 0 N–H and O–H groups in total. The molecule has 2 rings (SSSR count). The van der Waals surface area contributed by atoms with Crippen molar-refractivity contribution in [3.8, 4) is 0 Å². The van der Waals surface area contributed by atoms with E-state index < -0.39 is 0 Å². The molecule has 1 nitrogen and oxygen atoms in total. The van der Waals surface area contributed by atoms with E-state index in [4.69, 9.17) is 0 Å². The van der Waals surface area contributed by atoms with Crippen LogP contribution in [0.5, 0.6) is 0 Å². The predicted molar refractivity (Wildman–Crippen MR) is 76.6 cm³/mol. The van der Waals surface area contributed by atoms with Gasteiger partial charge in [0.2, 0.25) is 6.29 Å². The molecule has 18 heavy (non-hydrogen) atoms. The van der Waals surface area contributed by atoms with E-state index in [-0.39, 0.29) is 0 Å². The van der Waals surface area contributed by atoms with Crippen molar-refractivity contribution in [1.29, 1.82) is 0 Å². The molecule has 0 fully saturated rings. The molecule has 0 aliphatic heterocycles. The van der Waals surface area contributed by atoms with Crippen molar-refractivity contribution in [2.45, 2.75) is 39.0 Å². The van der Waals surface area contributed by atoms with Gasteiger partial charge in [0.05, 0.1) is 0 Å². The highest BCUT2D eigenvalue weighted by atomic mass is 16.1. The number of carbonyl (C=O) groups excluding carboxylic acids is 1. The average molecular weight is 239 g/mol. The second kappa shape index (κ2) is 6.34. The second-order valence-corrected chi connectivity index (χ2v) is 4.73. The third-order valence-corrected chi connectivity index (χ3v) is 3.42. The maximum Gasteiger partial charge on any atom is 0.234 e. The van der Waals surface area contributed by atoms with Gasteiger partial charge in [0.25, 0.3) is 0 Å². The first kappa shape index (κ1) is 12.8. The molecular formula is C17H19O. The summed E-state index contributed by atoms with van der Waals surface area (Å²) in [6, 6.07) is 12.2. The summed E-state index contributed by atoms with van der Waals surface area (Å²) in [6.07, 6.45) is 8.01. The smallest absolute Gasteiger partial charge is 0.234 e. The fourth-order valence-corrected chi connectivity index (χ4v) is 2.39. The Labute approximate surface area is 109 Å². The molecule has 0 atom stereocenters. The van der Waals surface area contributed by atoms with Gasteiger partial charge >= 0.3 is 0 Å². The zero-order valence-electron chi connectivity index (χ0n) is 10.9. The van der Waals surface area contributed by atoms with Crippen LogP contribution in [0.4, 0.5) is 0 Å². The first-order valence-electron chi connectivity index (χ1n) is 6.75. The molecule has 0 unspecified atom stereocenters. The molecule has 0 aliphatic carbocycles. The Morgan fingerprint density at radius 2 is 1.83 bits per heavy atom.